The lowest BCUT2D eigenvalue weighted by molar-refractivity contribution is 0.391. The first kappa shape index (κ1) is 19.8. The Morgan fingerprint density at radius 2 is 1.83 bits per heavy atom. The molecule has 7 heteroatoms. The van der Waals surface area contributed by atoms with Crippen LogP contribution in [-0.4, -0.2) is 25.5 Å². The molecule has 0 spiro atoms. The van der Waals surface area contributed by atoms with Crippen LogP contribution in [0.2, 0.25) is 0 Å². The predicted molar refractivity (Wildman–Crippen MR) is 97.1 cm³/mol. The zero-order valence-electron chi connectivity index (χ0n) is 13.5. The van der Waals surface area contributed by atoms with E-state index in [0.29, 0.717) is 5.56 Å². The van der Waals surface area contributed by atoms with Crippen LogP contribution in [0.4, 0.5) is 0 Å². The van der Waals surface area contributed by atoms with E-state index in [1.165, 1.54) is 0 Å². The van der Waals surface area contributed by atoms with E-state index in [9.17, 15) is 8.42 Å². The van der Waals surface area contributed by atoms with Crippen LogP contribution in [0, 0.1) is 0 Å². The van der Waals surface area contributed by atoms with Crippen LogP contribution >= 0.6 is 12.4 Å². The normalized spacial score (nSPS) is 12.1. The van der Waals surface area contributed by atoms with Crippen LogP contribution in [0.25, 0.3) is 10.9 Å². The number of halogens is 1. The lowest BCUT2D eigenvalue weighted by atomic mass is 9.95. The second-order valence-corrected chi connectivity index (χ2v) is 7.45. The van der Waals surface area contributed by atoms with Crippen molar-refractivity contribution in [3.8, 4) is 0 Å². The summed E-state index contributed by atoms with van der Waals surface area (Å²) < 4.78 is 27.3. The number of nitrogens with zero attached hydrogens (tertiary/aromatic N) is 1. The number of fused-ring (bicyclic) bond motifs is 1. The standard InChI is InChI=1S/C16H23N3O2S.ClH/c1-3-16(17,4-2)12-19-22(20,21)11-14-8-5-7-13-9-6-10-18-15(13)14;/h5-10,19H,3-4,11-12,17H2,1-2H3;1H. The number of hydrogen-bond donors (Lipinski definition) is 2. The molecule has 0 amide bonds. The summed E-state index contributed by atoms with van der Waals surface area (Å²) in [5, 5.41) is 0.936. The molecule has 1 heterocycles. The Hall–Kier alpha value is -1.21. The Morgan fingerprint density at radius 3 is 2.48 bits per heavy atom. The van der Waals surface area contributed by atoms with E-state index >= 15 is 0 Å². The van der Waals surface area contributed by atoms with E-state index in [2.05, 4.69) is 9.71 Å². The molecule has 2 rings (SSSR count). The molecule has 1 aromatic heterocycles. The molecule has 1 aromatic carbocycles. The Kier molecular flexibility index (Phi) is 6.95. The Bertz CT molecular complexity index is 741. The summed E-state index contributed by atoms with van der Waals surface area (Å²) in [5.41, 5.74) is 7.07. The number of sulfonamides is 1. The smallest absolute Gasteiger partial charge is 0.215 e. The number of hydrogen-bond acceptors (Lipinski definition) is 4. The molecule has 0 atom stereocenters. The summed E-state index contributed by atoms with van der Waals surface area (Å²) in [4.78, 5) is 4.29. The molecular weight excluding hydrogens is 334 g/mol. The van der Waals surface area contributed by atoms with Crippen LogP contribution < -0.4 is 10.5 Å². The first-order valence-corrected chi connectivity index (χ1v) is 9.13. The van der Waals surface area contributed by atoms with Crippen LogP contribution in [0.15, 0.2) is 36.5 Å². The van der Waals surface area contributed by atoms with Crippen molar-refractivity contribution in [2.24, 2.45) is 5.73 Å². The lowest BCUT2D eigenvalue weighted by Crippen LogP contribution is -2.49. The third-order valence-electron chi connectivity index (χ3n) is 4.11. The molecule has 0 bridgehead atoms. The first-order valence-electron chi connectivity index (χ1n) is 7.48. The Labute approximate surface area is 144 Å². The minimum atomic E-state index is -3.45. The second-order valence-electron chi connectivity index (χ2n) is 5.64. The van der Waals surface area contributed by atoms with Crippen LogP contribution in [-0.2, 0) is 15.8 Å². The zero-order valence-corrected chi connectivity index (χ0v) is 15.1. The maximum atomic E-state index is 12.3. The molecule has 0 saturated heterocycles. The molecule has 0 aliphatic rings. The summed E-state index contributed by atoms with van der Waals surface area (Å²) in [5.74, 6) is -0.0924. The fourth-order valence-corrected chi connectivity index (χ4v) is 3.55. The topological polar surface area (TPSA) is 85.1 Å². The van der Waals surface area contributed by atoms with Gasteiger partial charge in [-0.15, -0.1) is 12.4 Å². The molecule has 0 aliphatic carbocycles. The van der Waals surface area contributed by atoms with Crippen molar-refractivity contribution in [1.82, 2.24) is 9.71 Å². The summed E-state index contributed by atoms with van der Waals surface area (Å²) in [7, 11) is -3.45. The van der Waals surface area contributed by atoms with Gasteiger partial charge in [-0.05, 0) is 24.5 Å². The zero-order chi connectivity index (χ0) is 16.2. The van der Waals surface area contributed by atoms with Gasteiger partial charge >= 0.3 is 0 Å². The third kappa shape index (κ3) is 5.14. The number of para-hydroxylation sites is 1. The highest BCUT2D eigenvalue weighted by atomic mass is 35.5. The highest BCUT2D eigenvalue weighted by molar-refractivity contribution is 7.88. The van der Waals surface area contributed by atoms with Crippen molar-refractivity contribution in [3.05, 3.63) is 42.1 Å². The molecule has 2 aromatic rings. The van der Waals surface area contributed by atoms with Gasteiger partial charge in [0.15, 0.2) is 0 Å². The highest BCUT2D eigenvalue weighted by Gasteiger charge is 2.23. The maximum absolute atomic E-state index is 12.3. The van der Waals surface area contributed by atoms with E-state index in [-0.39, 0.29) is 24.7 Å². The van der Waals surface area contributed by atoms with Gasteiger partial charge in [0, 0.05) is 23.7 Å². The van der Waals surface area contributed by atoms with Crippen LogP contribution in [0.1, 0.15) is 32.3 Å². The fourth-order valence-electron chi connectivity index (χ4n) is 2.29. The Morgan fingerprint density at radius 1 is 1.17 bits per heavy atom. The number of pyridine rings is 1. The van der Waals surface area contributed by atoms with Crippen molar-refractivity contribution >= 4 is 33.3 Å². The third-order valence-corrected chi connectivity index (χ3v) is 5.39. The second kappa shape index (κ2) is 8.06. The van der Waals surface area contributed by atoms with Crippen molar-refractivity contribution in [2.45, 2.75) is 38.0 Å². The first-order chi connectivity index (χ1) is 10.4. The van der Waals surface area contributed by atoms with E-state index in [1.807, 2.05) is 38.1 Å². The highest BCUT2D eigenvalue weighted by Crippen LogP contribution is 2.18. The van der Waals surface area contributed by atoms with Gasteiger partial charge in [-0.25, -0.2) is 13.1 Å². The maximum Gasteiger partial charge on any atom is 0.215 e. The molecule has 128 valence electrons. The molecule has 0 unspecified atom stereocenters. The van der Waals surface area contributed by atoms with Crippen LogP contribution in [0.5, 0.6) is 0 Å². The van der Waals surface area contributed by atoms with Gasteiger partial charge in [0.25, 0.3) is 0 Å². The lowest BCUT2D eigenvalue weighted by Gasteiger charge is -2.26. The molecular formula is C16H24ClN3O2S. The van der Waals surface area contributed by atoms with Gasteiger partial charge in [0.05, 0.1) is 11.3 Å². The quantitative estimate of drug-likeness (QED) is 0.797. The molecule has 0 saturated carbocycles. The van der Waals surface area contributed by atoms with Crippen molar-refractivity contribution in [3.63, 3.8) is 0 Å². The van der Waals surface area contributed by atoms with Crippen molar-refractivity contribution in [1.29, 1.82) is 0 Å². The van der Waals surface area contributed by atoms with Gasteiger partial charge in [0.2, 0.25) is 10.0 Å². The Balaban J connectivity index is 0.00000264. The number of nitrogens with two attached hydrogens (primary N) is 1. The SMILES string of the molecule is CCC(N)(CC)CNS(=O)(=O)Cc1cccc2cccnc12.Cl. The minimum Gasteiger partial charge on any atom is -0.324 e. The van der Waals surface area contributed by atoms with E-state index < -0.39 is 15.6 Å². The summed E-state index contributed by atoms with van der Waals surface area (Å²) >= 11 is 0. The number of aromatic nitrogens is 1. The summed E-state index contributed by atoms with van der Waals surface area (Å²) in [6, 6.07) is 9.32. The van der Waals surface area contributed by atoms with Gasteiger partial charge in [-0.2, -0.15) is 0 Å². The van der Waals surface area contributed by atoms with E-state index in [1.54, 1.807) is 12.3 Å². The number of nitrogens with one attached hydrogen (secondary N) is 1. The van der Waals surface area contributed by atoms with Crippen molar-refractivity contribution in [2.75, 3.05) is 6.54 Å². The van der Waals surface area contributed by atoms with E-state index in [4.69, 9.17) is 5.73 Å². The van der Waals surface area contributed by atoms with Crippen molar-refractivity contribution < 1.29 is 8.42 Å². The molecule has 0 radical (unpaired) electrons. The average Bonchev–Trinajstić information content (AvgIpc) is 2.53. The monoisotopic (exact) mass is 357 g/mol. The molecule has 23 heavy (non-hydrogen) atoms. The predicted octanol–water partition coefficient (Wildman–Crippen LogP) is 2.59. The van der Waals surface area contributed by atoms with Crippen LogP contribution in [0.3, 0.4) is 0 Å². The van der Waals surface area contributed by atoms with Gasteiger partial charge in [0.1, 0.15) is 0 Å². The van der Waals surface area contributed by atoms with E-state index in [0.717, 1.165) is 23.7 Å². The fraction of sp³-hybridized carbons (Fsp3) is 0.438. The number of benzene rings is 1. The minimum absolute atomic E-state index is 0. The molecule has 0 aliphatic heterocycles. The van der Waals surface area contributed by atoms with Gasteiger partial charge in [-0.1, -0.05) is 38.1 Å². The summed E-state index contributed by atoms with van der Waals surface area (Å²) in [6.45, 7) is 4.18. The molecule has 5 nitrogen and oxygen atoms in total. The molecule has 3 N–H and O–H groups in total. The average molecular weight is 358 g/mol. The summed E-state index contributed by atoms with van der Waals surface area (Å²) in [6.07, 6.45) is 3.12. The largest absolute Gasteiger partial charge is 0.324 e. The molecule has 0 fully saturated rings. The van der Waals surface area contributed by atoms with Gasteiger partial charge < -0.3 is 5.73 Å². The van der Waals surface area contributed by atoms with Gasteiger partial charge in [-0.3, -0.25) is 4.98 Å². The number of rotatable bonds is 7.